The molecule has 1 aromatic carbocycles. The van der Waals surface area contributed by atoms with E-state index in [1.54, 1.807) is 11.0 Å². The van der Waals surface area contributed by atoms with Gasteiger partial charge in [-0.2, -0.15) is 0 Å². The van der Waals surface area contributed by atoms with E-state index in [1.807, 2.05) is 32.9 Å². The fraction of sp³-hybridized carbons (Fsp3) is 0.562. The Bertz CT molecular complexity index is 532. The zero-order valence-corrected chi connectivity index (χ0v) is 13.5. The van der Waals surface area contributed by atoms with Gasteiger partial charge in [0, 0.05) is 25.9 Å². The largest absolute Gasteiger partial charge is 0.488 e. The van der Waals surface area contributed by atoms with Crippen molar-refractivity contribution >= 4 is 17.5 Å². The lowest BCUT2D eigenvalue weighted by atomic mass is 10.1. The van der Waals surface area contributed by atoms with Gasteiger partial charge in [0.25, 0.3) is 0 Å². The molecule has 1 aliphatic heterocycles. The number of carbonyl (C=O) groups is 1. The van der Waals surface area contributed by atoms with Crippen molar-refractivity contribution in [3.8, 4) is 5.75 Å². The van der Waals surface area contributed by atoms with Crippen LogP contribution >= 0.6 is 0 Å². The maximum atomic E-state index is 12.0. The van der Waals surface area contributed by atoms with Crippen molar-refractivity contribution in [2.75, 3.05) is 24.6 Å². The second-order valence-electron chi connectivity index (χ2n) is 6.54. The molecule has 0 spiro atoms. The zero-order valence-electron chi connectivity index (χ0n) is 13.5. The highest BCUT2D eigenvalue weighted by molar-refractivity contribution is 5.70. The van der Waals surface area contributed by atoms with Gasteiger partial charge in [0.05, 0.1) is 11.4 Å². The number of nitrogens with zero attached hydrogens (tertiary/aromatic N) is 1. The molecular weight excluding hydrogens is 282 g/mol. The van der Waals surface area contributed by atoms with Gasteiger partial charge >= 0.3 is 6.09 Å². The molecule has 0 radical (unpaired) electrons. The number of para-hydroxylation sites is 1. The third kappa shape index (κ3) is 4.19. The highest BCUT2D eigenvalue weighted by Gasteiger charge is 2.27. The number of benzene rings is 1. The molecular formula is C16H25N3O3. The molecule has 2 rings (SSSR count). The van der Waals surface area contributed by atoms with Crippen LogP contribution in [0.2, 0.25) is 0 Å². The molecule has 0 unspecified atom stereocenters. The molecule has 4 N–H and O–H groups in total. The zero-order chi connectivity index (χ0) is 16.3. The number of hydrogen-bond acceptors (Lipinski definition) is 5. The van der Waals surface area contributed by atoms with Crippen LogP contribution < -0.4 is 16.2 Å². The smallest absolute Gasteiger partial charge is 0.410 e. The molecule has 22 heavy (non-hydrogen) atoms. The first-order valence-corrected chi connectivity index (χ1v) is 7.55. The third-order valence-electron chi connectivity index (χ3n) is 3.49. The standard InChI is InChI=1S/C16H25N3O3/c1-16(2,3)22-15(20)19-9-7-11(8-10-19)21-13-6-4-5-12(17)14(13)18/h4-6,11H,7-10,17-18H2,1-3H3. The predicted octanol–water partition coefficient (Wildman–Crippen LogP) is 2.63. The summed E-state index contributed by atoms with van der Waals surface area (Å²) in [6, 6.07) is 5.37. The number of rotatable bonds is 2. The summed E-state index contributed by atoms with van der Waals surface area (Å²) in [6.45, 7) is 6.82. The van der Waals surface area contributed by atoms with Crippen LogP contribution in [0.3, 0.4) is 0 Å². The van der Waals surface area contributed by atoms with Gasteiger partial charge in [0.15, 0.2) is 0 Å². The molecule has 0 bridgehead atoms. The first-order valence-electron chi connectivity index (χ1n) is 7.55. The van der Waals surface area contributed by atoms with E-state index in [0.29, 0.717) is 30.2 Å². The number of nitrogen functional groups attached to an aromatic ring is 2. The predicted molar refractivity (Wildman–Crippen MR) is 86.7 cm³/mol. The average Bonchev–Trinajstić information content (AvgIpc) is 2.43. The summed E-state index contributed by atoms with van der Waals surface area (Å²) >= 11 is 0. The Morgan fingerprint density at radius 3 is 2.45 bits per heavy atom. The Kier molecular flexibility index (Phi) is 4.68. The first-order chi connectivity index (χ1) is 10.3. The Morgan fingerprint density at radius 1 is 1.23 bits per heavy atom. The highest BCUT2D eigenvalue weighted by atomic mass is 16.6. The average molecular weight is 307 g/mol. The molecule has 0 aromatic heterocycles. The van der Waals surface area contributed by atoms with Crippen LogP contribution in [-0.2, 0) is 4.74 Å². The van der Waals surface area contributed by atoms with Crippen LogP contribution in [0.5, 0.6) is 5.75 Å². The molecule has 1 amide bonds. The van der Waals surface area contributed by atoms with Crippen molar-refractivity contribution in [1.29, 1.82) is 0 Å². The SMILES string of the molecule is CC(C)(C)OC(=O)N1CCC(Oc2cccc(N)c2N)CC1. The second-order valence-corrected chi connectivity index (χ2v) is 6.54. The number of ether oxygens (including phenoxy) is 2. The fourth-order valence-electron chi connectivity index (χ4n) is 2.33. The van der Waals surface area contributed by atoms with Gasteiger partial charge in [-0.15, -0.1) is 0 Å². The minimum atomic E-state index is -0.472. The third-order valence-corrected chi connectivity index (χ3v) is 3.49. The molecule has 0 aliphatic carbocycles. The molecule has 1 saturated heterocycles. The van der Waals surface area contributed by atoms with Gasteiger partial charge in [0.1, 0.15) is 17.5 Å². The topological polar surface area (TPSA) is 90.8 Å². The van der Waals surface area contributed by atoms with Gasteiger partial charge in [-0.25, -0.2) is 4.79 Å². The van der Waals surface area contributed by atoms with Crippen molar-refractivity contribution in [3.05, 3.63) is 18.2 Å². The van der Waals surface area contributed by atoms with Gasteiger partial charge in [0.2, 0.25) is 0 Å². The molecule has 122 valence electrons. The van der Waals surface area contributed by atoms with Crippen molar-refractivity contribution in [3.63, 3.8) is 0 Å². The van der Waals surface area contributed by atoms with Crippen molar-refractivity contribution in [2.45, 2.75) is 45.3 Å². The van der Waals surface area contributed by atoms with Crippen LogP contribution in [-0.4, -0.2) is 35.8 Å². The molecule has 6 nitrogen and oxygen atoms in total. The van der Waals surface area contributed by atoms with Gasteiger partial charge < -0.3 is 25.8 Å². The van der Waals surface area contributed by atoms with Crippen LogP contribution in [0.15, 0.2) is 18.2 Å². The molecule has 1 fully saturated rings. The molecule has 6 heteroatoms. The monoisotopic (exact) mass is 307 g/mol. The van der Waals surface area contributed by atoms with Gasteiger partial charge in [-0.1, -0.05) is 6.07 Å². The number of anilines is 2. The fourth-order valence-corrected chi connectivity index (χ4v) is 2.33. The Balaban J connectivity index is 1.87. The number of amides is 1. The molecule has 0 saturated carbocycles. The Hall–Kier alpha value is -2.11. The maximum Gasteiger partial charge on any atom is 0.410 e. The summed E-state index contributed by atoms with van der Waals surface area (Å²) in [4.78, 5) is 13.7. The van der Waals surface area contributed by atoms with Gasteiger partial charge in [-0.3, -0.25) is 0 Å². The van der Waals surface area contributed by atoms with Crippen LogP contribution in [0, 0.1) is 0 Å². The van der Waals surface area contributed by atoms with Gasteiger partial charge in [-0.05, 0) is 32.9 Å². The summed E-state index contributed by atoms with van der Waals surface area (Å²) in [6.07, 6.45) is 1.25. The van der Waals surface area contributed by atoms with E-state index >= 15 is 0 Å². The van der Waals surface area contributed by atoms with Crippen LogP contribution in [0.4, 0.5) is 16.2 Å². The van der Waals surface area contributed by atoms with E-state index in [2.05, 4.69) is 0 Å². The summed E-state index contributed by atoms with van der Waals surface area (Å²) in [5, 5.41) is 0. The minimum absolute atomic E-state index is 0.0304. The molecule has 1 heterocycles. The first kappa shape index (κ1) is 16.3. The number of likely N-dealkylation sites (tertiary alicyclic amines) is 1. The summed E-state index contributed by atoms with van der Waals surface area (Å²) in [7, 11) is 0. The van der Waals surface area contributed by atoms with E-state index in [4.69, 9.17) is 20.9 Å². The quantitative estimate of drug-likeness (QED) is 0.820. The van der Waals surface area contributed by atoms with E-state index < -0.39 is 5.60 Å². The van der Waals surface area contributed by atoms with E-state index in [1.165, 1.54) is 0 Å². The Morgan fingerprint density at radius 2 is 1.86 bits per heavy atom. The second kappa shape index (κ2) is 6.34. The number of piperidine rings is 1. The van der Waals surface area contributed by atoms with E-state index in [9.17, 15) is 4.79 Å². The number of hydrogen-bond donors (Lipinski definition) is 2. The maximum absolute atomic E-state index is 12.0. The molecule has 1 aromatic rings. The van der Waals surface area contributed by atoms with Crippen LogP contribution in [0.1, 0.15) is 33.6 Å². The summed E-state index contributed by atoms with van der Waals surface area (Å²) in [5.74, 6) is 0.607. The minimum Gasteiger partial charge on any atom is -0.488 e. The van der Waals surface area contributed by atoms with Crippen molar-refractivity contribution < 1.29 is 14.3 Å². The number of carbonyl (C=O) groups excluding carboxylic acids is 1. The molecule has 1 aliphatic rings. The highest BCUT2D eigenvalue weighted by Crippen LogP contribution is 2.29. The number of nitrogens with two attached hydrogens (primary N) is 2. The van der Waals surface area contributed by atoms with Crippen LogP contribution in [0.25, 0.3) is 0 Å². The normalized spacial score (nSPS) is 16.4. The summed E-state index contributed by atoms with van der Waals surface area (Å²) in [5.41, 5.74) is 12.2. The lowest BCUT2D eigenvalue weighted by Gasteiger charge is -2.33. The van der Waals surface area contributed by atoms with E-state index in [0.717, 1.165) is 12.8 Å². The lowest BCUT2D eigenvalue weighted by molar-refractivity contribution is 0.0127. The lowest BCUT2D eigenvalue weighted by Crippen LogP contribution is -2.44. The van der Waals surface area contributed by atoms with Crippen molar-refractivity contribution in [1.82, 2.24) is 4.90 Å². The van der Waals surface area contributed by atoms with Crippen molar-refractivity contribution in [2.24, 2.45) is 0 Å². The van der Waals surface area contributed by atoms with E-state index in [-0.39, 0.29) is 12.2 Å². The Labute approximate surface area is 131 Å². The summed E-state index contributed by atoms with van der Waals surface area (Å²) < 4.78 is 11.3. The molecule has 0 atom stereocenters.